The summed E-state index contributed by atoms with van der Waals surface area (Å²) in [5, 5.41) is 13.8. The molecular formula is C24H26N5OS2+. The van der Waals surface area contributed by atoms with Gasteiger partial charge in [0, 0.05) is 11.8 Å². The van der Waals surface area contributed by atoms with Crippen molar-refractivity contribution < 1.29 is 9.69 Å². The number of nitrogens with one attached hydrogen (secondary N) is 2. The molecule has 2 heterocycles. The van der Waals surface area contributed by atoms with Crippen LogP contribution in [0.2, 0.25) is 0 Å². The Hall–Kier alpha value is -2.81. The van der Waals surface area contributed by atoms with Gasteiger partial charge < -0.3 is 10.2 Å². The number of nitrogens with zero attached hydrogens (tertiary/aromatic N) is 3. The molecule has 8 heteroatoms. The normalized spacial score (nSPS) is 12.1. The molecule has 1 amide bonds. The number of quaternary nitrogens is 1. The van der Waals surface area contributed by atoms with Crippen molar-refractivity contribution in [3.05, 3.63) is 76.8 Å². The monoisotopic (exact) mass is 464 g/mol. The molecule has 0 bridgehead atoms. The molecule has 2 aromatic carbocycles. The third kappa shape index (κ3) is 5.91. The van der Waals surface area contributed by atoms with Crippen LogP contribution in [-0.2, 0) is 6.42 Å². The predicted molar refractivity (Wildman–Crippen MR) is 130 cm³/mol. The molecule has 1 atom stereocenters. The molecule has 0 saturated carbocycles. The molecule has 1 unspecified atom stereocenters. The summed E-state index contributed by atoms with van der Waals surface area (Å²) in [5.74, 6) is -0.0743. The lowest BCUT2D eigenvalue weighted by Crippen LogP contribution is -3.10. The Morgan fingerprint density at radius 2 is 1.84 bits per heavy atom. The van der Waals surface area contributed by atoms with Crippen molar-refractivity contribution in [3.63, 3.8) is 0 Å². The molecule has 0 saturated heterocycles. The predicted octanol–water partition coefficient (Wildman–Crippen LogP) is 3.03. The highest BCUT2D eigenvalue weighted by atomic mass is 32.2. The van der Waals surface area contributed by atoms with Gasteiger partial charge in [0.2, 0.25) is 0 Å². The van der Waals surface area contributed by atoms with E-state index in [-0.39, 0.29) is 5.91 Å². The van der Waals surface area contributed by atoms with Crippen LogP contribution in [0.5, 0.6) is 0 Å². The molecule has 164 valence electrons. The van der Waals surface area contributed by atoms with E-state index in [0.717, 1.165) is 44.8 Å². The van der Waals surface area contributed by atoms with E-state index >= 15 is 0 Å². The van der Waals surface area contributed by atoms with E-state index in [9.17, 15) is 4.79 Å². The van der Waals surface area contributed by atoms with Crippen molar-refractivity contribution in [2.24, 2.45) is 0 Å². The van der Waals surface area contributed by atoms with Crippen LogP contribution in [0.15, 0.2) is 70.0 Å². The molecule has 32 heavy (non-hydrogen) atoms. The van der Waals surface area contributed by atoms with E-state index < -0.39 is 0 Å². The van der Waals surface area contributed by atoms with Crippen molar-refractivity contribution in [1.29, 1.82) is 0 Å². The van der Waals surface area contributed by atoms with E-state index in [4.69, 9.17) is 4.98 Å². The van der Waals surface area contributed by atoms with Crippen molar-refractivity contribution in [2.45, 2.75) is 22.7 Å². The van der Waals surface area contributed by atoms with Crippen molar-refractivity contribution in [2.75, 3.05) is 26.7 Å². The van der Waals surface area contributed by atoms with E-state index in [1.54, 1.807) is 0 Å². The number of para-hydroxylation sites is 1. The molecule has 0 spiro atoms. The second-order valence-corrected chi connectivity index (χ2v) is 10.1. The molecule has 4 rings (SSSR count). The molecule has 2 N–H and O–H groups in total. The number of rotatable bonds is 9. The van der Waals surface area contributed by atoms with Crippen LogP contribution in [0, 0.1) is 6.92 Å². The molecular weight excluding hydrogens is 438 g/mol. The SMILES string of the molecule is Cc1nnc(Sc2cc(C(=O)NCC[NH+](C)CCc3ccccc3)c3ccccc3n2)s1. The third-order valence-corrected chi connectivity index (χ3v) is 6.97. The third-order valence-electron chi connectivity index (χ3n) is 5.16. The number of aromatic nitrogens is 3. The van der Waals surface area contributed by atoms with E-state index in [2.05, 4.69) is 46.8 Å². The van der Waals surface area contributed by atoms with E-state index in [1.165, 1.54) is 33.6 Å². The fraction of sp³-hybridized carbons (Fsp3) is 0.250. The zero-order chi connectivity index (χ0) is 22.3. The molecule has 2 aromatic heterocycles. The van der Waals surface area contributed by atoms with Gasteiger partial charge >= 0.3 is 0 Å². The molecule has 6 nitrogen and oxygen atoms in total. The van der Waals surface area contributed by atoms with Gasteiger partial charge in [-0.1, -0.05) is 59.9 Å². The Labute approximate surface area is 196 Å². The van der Waals surface area contributed by atoms with E-state index in [0.29, 0.717) is 12.1 Å². The van der Waals surface area contributed by atoms with Crippen LogP contribution in [0.1, 0.15) is 20.9 Å². The summed E-state index contributed by atoms with van der Waals surface area (Å²) in [4.78, 5) is 19.1. The Morgan fingerprint density at radius 1 is 1.06 bits per heavy atom. The number of likely N-dealkylation sites (N-methyl/N-ethyl adjacent to an activating group) is 1. The van der Waals surface area contributed by atoms with Gasteiger partial charge in [0.15, 0.2) is 4.34 Å². The summed E-state index contributed by atoms with van der Waals surface area (Å²) in [5.41, 5.74) is 2.78. The largest absolute Gasteiger partial charge is 0.346 e. The first-order chi connectivity index (χ1) is 15.6. The van der Waals surface area contributed by atoms with Crippen molar-refractivity contribution in [1.82, 2.24) is 20.5 Å². The van der Waals surface area contributed by atoms with Crippen LogP contribution in [0.4, 0.5) is 0 Å². The highest BCUT2D eigenvalue weighted by Crippen LogP contribution is 2.31. The zero-order valence-corrected chi connectivity index (χ0v) is 19.8. The van der Waals surface area contributed by atoms with Crippen LogP contribution >= 0.6 is 23.1 Å². The first-order valence-electron chi connectivity index (χ1n) is 10.6. The van der Waals surface area contributed by atoms with Gasteiger partial charge in [0.25, 0.3) is 5.91 Å². The summed E-state index contributed by atoms with van der Waals surface area (Å²) in [6.45, 7) is 4.44. The summed E-state index contributed by atoms with van der Waals surface area (Å²) >= 11 is 2.96. The Kier molecular flexibility index (Phi) is 7.47. The number of aryl methyl sites for hydroxylation is 1. The Balaban J connectivity index is 1.39. The van der Waals surface area contributed by atoms with Crippen LogP contribution < -0.4 is 10.2 Å². The minimum Gasteiger partial charge on any atom is -0.346 e. The minimum absolute atomic E-state index is 0.0743. The van der Waals surface area contributed by atoms with Gasteiger partial charge in [-0.15, -0.1) is 10.2 Å². The average molecular weight is 465 g/mol. The first kappa shape index (κ1) is 22.4. The maximum atomic E-state index is 13.0. The van der Waals surface area contributed by atoms with Crippen LogP contribution in [0.3, 0.4) is 0 Å². The minimum atomic E-state index is -0.0743. The van der Waals surface area contributed by atoms with Crippen LogP contribution in [-0.4, -0.2) is 47.8 Å². The van der Waals surface area contributed by atoms with Gasteiger partial charge in [0.1, 0.15) is 10.0 Å². The quantitative estimate of drug-likeness (QED) is 0.398. The second kappa shape index (κ2) is 10.7. The lowest BCUT2D eigenvalue weighted by Gasteiger charge is -2.15. The molecule has 0 aliphatic carbocycles. The highest BCUT2D eigenvalue weighted by Gasteiger charge is 2.15. The summed E-state index contributed by atoms with van der Waals surface area (Å²) in [6, 6.07) is 20.1. The maximum Gasteiger partial charge on any atom is 0.252 e. The van der Waals surface area contributed by atoms with Gasteiger partial charge in [-0.05, 0) is 36.4 Å². The smallest absolute Gasteiger partial charge is 0.252 e. The highest BCUT2D eigenvalue weighted by molar-refractivity contribution is 8.01. The van der Waals surface area contributed by atoms with E-state index in [1.807, 2.05) is 43.3 Å². The van der Waals surface area contributed by atoms with Crippen molar-refractivity contribution in [3.8, 4) is 0 Å². The van der Waals surface area contributed by atoms with Gasteiger partial charge in [0.05, 0.1) is 37.8 Å². The molecule has 0 aliphatic heterocycles. The number of carbonyl (C=O) groups excluding carboxylic acids is 1. The fourth-order valence-corrected chi connectivity index (χ4v) is 5.19. The Morgan fingerprint density at radius 3 is 2.62 bits per heavy atom. The zero-order valence-electron chi connectivity index (χ0n) is 18.2. The molecule has 0 radical (unpaired) electrons. The lowest BCUT2D eigenvalue weighted by molar-refractivity contribution is -0.878. The van der Waals surface area contributed by atoms with Gasteiger partial charge in [-0.2, -0.15) is 0 Å². The first-order valence-corrected chi connectivity index (χ1v) is 12.2. The number of carbonyl (C=O) groups is 1. The van der Waals surface area contributed by atoms with Gasteiger partial charge in [-0.25, -0.2) is 4.98 Å². The average Bonchev–Trinajstić information content (AvgIpc) is 3.22. The van der Waals surface area contributed by atoms with Crippen molar-refractivity contribution >= 4 is 39.9 Å². The number of hydrogen-bond donors (Lipinski definition) is 2. The number of hydrogen-bond acceptors (Lipinski definition) is 6. The molecule has 4 aromatic rings. The topological polar surface area (TPSA) is 72.2 Å². The molecule has 0 fully saturated rings. The lowest BCUT2D eigenvalue weighted by atomic mass is 10.1. The summed E-state index contributed by atoms with van der Waals surface area (Å²) in [6.07, 6.45) is 1.03. The maximum absolute atomic E-state index is 13.0. The second-order valence-electron chi connectivity index (χ2n) is 7.66. The number of pyridine rings is 1. The van der Waals surface area contributed by atoms with Gasteiger partial charge in [-0.3, -0.25) is 4.79 Å². The fourth-order valence-electron chi connectivity index (χ4n) is 3.41. The van der Waals surface area contributed by atoms with Crippen LogP contribution in [0.25, 0.3) is 10.9 Å². The Bertz CT molecular complexity index is 1200. The number of amides is 1. The molecule has 0 aliphatic rings. The number of fused-ring (bicyclic) bond motifs is 1. The number of benzene rings is 2. The standard InChI is InChI=1S/C24H25N5OS2/c1-17-27-28-24(31-17)32-22-16-20(19-10-6-7-11-21(19)26-22)23(30)25-13-15-29(2)14-12-18-8-4-3-5-9-18/h3-11,16H,12-15H2,1-2H3,(H,25,30)/p+1. The summed E-state index contributed by atoms with van der Waals surface area (Å²) in [7, 11) is 2.16. The summed E-state index contributed by atoms with van der Waals surface area (Å²) < 4.78 is 0.820.